The van der Waals surface area contributed by atoms with Gasteiger partial charge < -0.3 is 62.2 Å². The van der Waals surface area contributed by atoms with Crippen molar-refractivity contribution in [3.05, 3.63) is 29.3 Å². The van der Waals surface area contributed by atoms with Crippen LogP contribution in [0, 0.1) is 0 Å². The Morgan fingerprint density at radius 1 is 0.473 bits per heavy atom. The highest BCUT2D eigenvalue weighted by molar-refractivity contribution is 6.26. The van der Waals surface area contributed by atoms with Crippen molar-refractivity contribution in [3.63, 3.8) is 0 Å². The minimum atomic E-state index is -1.08. The van der Waals surface area contributed by atoms with Crippen molar-refractivity contribution in [1.29, 1.82) is 0 Å². The fourth-order valence-electron chi connectivity index (χ4n) is 7.89. The molecule has 0 radical (unpaired) electrons. The van der Waals surface area contributed by atoms with E-state index >= 15 is 0 Å². The summed E-state index contributed by atoms with van der Waals surface area (Å²) in [7, 11) is 0. The first-order chi connectivity index (χ1) is 36.4. The number of ether oxygens (including phenoxy) is 12. The van der Waals surface area contributed by atoms with E-state index in [0.717, 1.165) is 30.8 Å². The molecule has 1 aromatic rings. The Hall–Kier alpha value is -3.51. The molecule has 1 fully saturated rings. The SMILES string of the molecule is CCCCCCCCCCCCCOCCOCCOCCOCCOCCOCCOCCOCCOCCOCCOCCOCCCCCC(=O)Nc1cccc2c1C(=O)N(C1CCC(=O)NC1=O)C2=O. The van der Waals surface area contributed by atoms with Crippen LogP contribution in [0.2, 0.25) is 0 Å². The molecule has 2 heterocycles. The molecule has 5 amide bonds. The number of anilines is 1. The van der Waals surface area contributed by atoms with E-state index in [4.69, 9.17) is 56.8 Å². The van der Waals surface area contributed by atoms with Gasteiger partial charge in [0.25, 0.3) is 11.8 Å². The van der Waals surface area contributed by atoms with Crippen LogP contribution in [0.3, 0.4) is 0 Å². The first-order valence-corrected chi connectivity index (χ1v) is 27.5. The van der Waals surface area contributed by atoms with Gasteiger partial charge in [-0.3, -0.25) is 34.2 Å². The highest BCUT2D eigenvalue weighted by atomic mass is 16.6. The van der Waals surface area contributed by atoms with Gasteiger partial charge in [-0.1, -0.05) is 83.6 Å². The van der Waals surface area contributed by atoms with Crippen LogP contribution >= 0.6 is 0 Å². The number of carbonyl (C=O) groups excluding carboxylic acids is 5. The van der Waals surface area contributed by atoms with Gasteiger partial charge in [-0.25, -0.2) is 0 Å². The first-order valence-electron chi connectivity index (χ1n) is 27.5. The topological polar surface area (TPSA) is 223 Å². The Morgan fingerprint density at radius 3 is 1.20 bits per heavy atom. The average molecular weight is 1050 g/mol. The van der Waals surface area contributed by atoms with Gasteiger partial charge in [-0.2, -0.15) is 0 Å². The highest BCUT2D eigenvalue weighted by Crippen LogP contribution is 2.32. The zero-order chi connectivity index (χ0) is 52.8. The molecule has 1 unspecified atom stereocenters. The number of nitrogens with one attached hydrogen (secondary N) is 2. The number of fused-ring (bicyclic) bond motifs is 1. The van der Waals surface area contributed by atoms with Gasteiger partial charge in [0, 0.05) is 26.1 Å². The summed E-state index contributed by atoms with van der Waals surface area (Å²) >= 11 is 0. The Labute approximate surface area is 440 Å². The van der Waals surface area contributed by atoms with Crippen LogP contribution in [0.1, 0.15) is 137 Å². The minimum absolute atomic E-state index is 0.0270. The molecule has 0 aliphatic carbocycles. The average Bonchev–Trinajstić information content (AvgIpc) is 3.65. The number of hydrogen-bond acceptors (Lipinski definition) is 17. The molecular weight excluding hydrogens is 963 g/mol. The summed E-state index contributed by atoms with van der Waals surface area (Å²) in [6.07, 6.45) is 17.2. The van der Waals surface area contributed by atoms with E-state index in [2.05, 4.69) is 17.6 Å². The molecule has 0 aromatic heterocycles. The van der Waals surface area contributed by atoms with Gasteiger partial charge in [-0.05, 0) is 37.8 Å². The number of unbranched alkanes of at least 4 members (excludes halogenated alkanes) is 12. The van der Waals surface area contributed by atoms with E-state index in [1.165, 1.54) is 70.3 Å². The van der Waals surface area contributed by atoms with Gasteiger partial charge >= 0.3 is 0 Å². The quantitative estimate of drug-likeness (QED) is 0.0556. The van der Waals surface area contributed by atoms with Crippen molar-refractivity contribution in [1.82, 2.24) is 10.2 Å². The molecule has 20 nitrogen and oxygen atoms in total. The molecule has 0 saturated carbocycles. The zero-order valence-electron chi connectivity index (χ0n) is 44.7. The molecule has 0 bridgehead atoms. The van der Waals surface area contributed by atoms with Crippen molar-refractivity contribution < 1.29 is 80.8 Å². The van der Waals surface area contributed by atoms with Crippen molar-refractivity contribution >= 4 is 35.2 Å². The fourth-order valence-corrected chi connectivity index (χ4v) is 7.89. The third-order valence-corrected chi connectivity index (χ3v) is 11.9. The number of amides is 5. The van der Waals surface area contributed by atoms with E-state index in [0.29, 0.717) is 158 Å². The Balaban J connectivity index is 0.930. The third-order valence-electron chi connectivity index (χ3n) is 11.9. The monoisotopic (exact) mass is 1050 g/mol. The lowest BCUT2D eigenvalue weighted by Gasteiger charge is -2.27. The molecule has 2 aliphatic heterocycles. The number of nitrogens with zero attached hydrogens (tertiary/aromatic N) is 1. The van der Waals surface area contributed by atoms with Crippen molar-refractivity contribution in [2.75, 3.05) is 164 Å². The Kier molecular flexibility index (Phi) is 40.0. The number of rotatable bonds is 53. The molecule has 1 atom stereocenters. The fraction of sp³-hybridized carbons (Fsp3) is 0.796. The third kappa shape index (κ3) is 31.5. The number of hydrogen-bond donors (Lipinski definition) is 2. The largest absolute Gasteiger partial charge is 0.379 e. The van der Waals surface area contributed by atoms with Gasteiger partial charge in [-0.15, -0.1) is 0 Å². The lowest BCUT2D eigenvalue weighted by Crippen LogP contribution is -2.54. The zero-order valence-corrected chi connectivity index (χ0v) is 44.7. The molecule has 3 rings (SSSR count). The van der Waals surface area contributed by atoms with Gasteiger partial charge in [0.1, 0.15) is 6.04 Å². The molecule has 2 aliphatic rings. The second kappa shape index (κ2) is 45.7. The summed E-state index contributed by atoms with van der Waals surface area (Å²) in [6.45, 7) is 14.5. The van der Waals surface area contributed by atoms with Crippen molar-refractivity contribution in [3.8, 4) is 0 Å². The molecule has 74 heavy (non-hydrogen) atoms. The smallest absolute Gasteiger partial charge is 0.264 e. The number of benzene rings is 1. The van der Waals surface area contributed by atoms with E-state index < -0.39 is 29.7 Å². The number of piperidine rings is 1. The van der Waals surface area contributed by atoms with Crippen molar-refractivity contribution in [2.45, 2.75) is 122 Å². The molecule has 2 N–H and O–H groups in total. The maximum absolute atomic E-state index is 13.2. The van der Waals surface area contributed by atoms with E-state index in [-0.39, 0.29) is 42.0 Å². The number of carbonyl (C=O) groups is 5. The normalized spacial score (nSPS) is 14.6. The second-order valence-corrected chi connectivity index (χ2v) is 17.9. The molecule has 20 heteroatoms. The van der Waals surface area contributed by atoms with Crippen LogP contribution in [0.25, 0.3) is 0 Å². The first kappa shape index (κ1) is 64.8. The summed E-state index contributed by atoms with van der Waals surface area (Å²) in [5.74, 6) is -2.72. The number of imide groups is 2. The second-order valence-electron chi connectivity index (χ2n) is 17.9. The Bertz CT molecular complexity index is 1620. The Morgan fingerprint density at radius 2 is 0.824 bits per heavy atom. The summed E-state index contributed by atoms with van der Waals surface area (Å²) in [4.78, 5) is 63.7. The molecule has 1 saturated heterocycles. The van der Waals surface area contributed by atoms with Crippen LogP contribution in [-0.4, -0.2) is 199 Å². The lowest BCUT2D eigenvalue weighted by molar-refractivity contribution is -0.136. The minimum Gasteiger partial charge on any atom is -0.379 e. The van der Waals surface area contributed by atoms with E-state index in [1.54, 1.807) is 12.1 Å². The lowest BCUT2D eigenvalue weighted by atomic mass is 10.0. The standard InChI is InChI=1S/C54H91N3O17/c1-2-3-4-5-6-7-8-9-10-11-14-22-63-24-26-65-28-30-67-32-34-69-36-38-71-40-42-73-44-45-74-43-41-72-39-37-70-35-33-68-31-29-66-27-25-64-23-15-12-13-19-49(58)55-47-18-16-17-46-51(47)54(62)57(53(46)61)48-20-21-50(59)56-52(48)60/h16-18,48H,2-15,19-45H2,1H3,(H,55,58)(H,56,59,60). The van der Waals surface area contributed by atoms with Crippen LogP contribution in [0.15, 0.2) is 18.2 Å². The summed E-state index contributed by atoms with van der Waals surface area (Å²) in [5.41, 5.74) is 0.381. The predicted molar refractivity (Wildman–Crippen MR) is 277 cm³/mol. The molecule has 1 aromatic carbocycles. The van der Waals surface area contributed by atoms with E-state index in [9.17, 15) is 24.0 Å². The van der Waals surface area contributed by atoms with Gasteiger partial charge in [0.2, 0.25) is 17.7 Å². The molecular formula is C54H91N3O17. The van der Waals surface area contributed by atoms with Crippen molar-refractivity contribution in [2.24, 2.45) is 0 Å². The van der Waals surface area contributed by atoms with Crippen LogP contribution in [0.4, 0.5) is 5.69 Å². The van der Waals surface area contributed by atoms with Crippen LogP contribution in [-0.2, 0) is 71.2 Å². The van der Waals surface area contributed by atoms with Gasteiger partial charge in [0.05, 0.1) is 162 Å². The van der Waals surface area contributed by atoms with E-state index in [1.807, 2.05) is 0 Å². The van der Waals surface area contributed by atoms with Gasteiger partial charge in [0.15, 0.2) is 0 Å². The maximum atomic E-state index is 13.2. The summed E-state index contributed by atoms with van der Waals surface area (Å²) in [6, 6.07) is 3.53. The molecule has 424 valence electrons. The maximum Gasteiger partial charge on any atom is 0.264 e. The summed E-state index contributed by atoms with van der Waals surface area (Å²) in [5, 5.41) is 4.92. The molecule has 0 spiro atoms. The van der Waals surface area contributed by atoms with Crippen LogP contribution < -0.4 is 10.6 Å². The predicted octanol–water partition coefficient (Wildman–Crippen LogP) is 6.10. The summed E-state index contributed by atoms with van der Waals surface area (Å²) < 4.78 is 66.6. The highest BCUT2D eigenvalue weighted by Gasteiger charge is 2.45. The van der Waals surface area contributed by atoms with Crippen LogP contribution in [0.5, 0.6) is 0 Å².